The van der Waals surface area contributed by atoms with Gasteiger partial charge in [-0.05, 0) is 61.3 Å². The van der Waals surface area contributed by atoms with Crippen LogP contribution in [0, 0.1) is 0 Å². The summed E-state index contributed by atoms with van der Waals surface area (Å²) in [6.45, 7) is 29.4. The number of esters is 2. The molecule has 0 bridgehead atoms. The van der Waals surface area contributed by atoms with Crippen molar-refractivity contribution in [2.45, 2.75) is 116 Å². The minimum absolute atomic E-state index is 0.0222. The molecule has 0 N–H and O–H groups in total. The lowest BCUT2D eigenvalue weighted by molar-refractivity contribution is -0.149. The van der Waals surface area contributed by atoms with Crippen LogP contribution in [-0.2, 0) is 27.9 Å². The van der Waals surface area contributed by atoms with Crippen LogP contribution >= 0.6 is 0 Å². The number of allylic oxidation sites excluding steroid dienone is 2. The molecule has 0 amide bonds. The summed E-state index contributed by atoms with van der Waals surface area (Å²) in [7, 11) is -4.12. The van der Waals surface area contributed by atoms with Crippen molar-refractivity contribution in [3.05, 3.63) is 37.5 Å². The van der Waals surface area contributed by atoms with E-state index in [-0.39, 0.29) is 48.1 Å². The maximum atomic E-state index is 12.4. The summed E-state index contributed by atoms with van der Waals surface area (Å²) in [5.74, 6) is -0.638. The van der Waals surface area contributed by atoms with E-state index in [2.05, 4.69) is 80.9 Å². The van der Waals surface area contributed by atoms with Gasteiger partial charge in [0.2, 0.25) is 0 Å². The standard InChI is InChI=1S/C28H52O6Si2/c1-13-15-17-25(29)33-23(21-31-35(9,10)27(3,4)5)19-20-24(34-26(30)18-16-14-2)22-32-36(11,12)28(6,7)8/h13-14,19-20,23-24H,1-2,15-18,21-22H2,3-12H3/t23-,24-/m0/s1. The Kier molecular flexibility index (Phi) is 14.4. The molecule has 2 atom stereocenters. The first-order valence-corrected chi connectivity index (χ1v) is 18.7. The van der Waals surface area contributed by atoms with E-state index in [4.69, 9.17) is 18.3 Å². The molecule has 0 aliphatic rings. The minimum atomic E-state index is -2.06. The van der Waals surface area contributed by atoms with Gasteiger partial charge in [-0.3, -0.25) is 9.59 Å². The monoisotopic (exact) mass is 540 g/mol. The van der Waals surface area contributed by atoms with Gasteiger partial charge in [-0.25, -0.2) is 0 Å². The molecule has 0 aromatic carbocycles. The van der Waals surface area contributed by atoms with Crippen molar-refractivity contribution >= 4 is 28.6 Å². The molecule has 0 saturated carbocycles. The molecule has 0 spiro atoms. The van der Waals surface area contributed by atoms with Gasteiger partial charge in [0.15, 0.2) is 16.6 Å². The molecular formula is C28H52O6Si2. The Balaban J connectivity index is 5.73. The first-order chi connectivity index (χ1) is 16.4. The van der Waals surface area contributed by atoms with Crippen LogP contribution in [0.1, 0.15) is 67.2 Å². The highest BCUT2D eigenvalue weighted by molar-refractivity contribution is 6.74. The zero-order chi connectivity index (χ0) is 28.2. The van der Waals surface area contributed by atoms with Crippen LogP contribution in [0.25, 0.3) is 0 Å². The molecule has 208 valence electrons. The molecule has 0 radical (unpaired) electrons. The van der Waals surface area contributed by atoms with E-state index in [1.165, 1.54) is 0 Å². The van der Waals surface area contributed by atoms with Crippen molar-refractivity contribution in [1.82, 2.24) is 0 Å². The maximum Gasteiger partial charge on any atom is 0.306 e. The van der Waals surface area contributed by atoms with Gasteiger partial charge in [-0.1, -0.05) is 53.7 Å². The molecule has 6 nitrogen and oxygen atoms in total. The Hall–Kier alpha value is -1.49. The number of hydrogen-bond donors (Lipinski definition) is 0. The molecule has 0 aliphatic carbocycles. The van der Waals surface area contributed by atoms with Crippen LogP contribution in [0.2, 0.25) is 36.3 Å². The van der Waals surface area contributed by atoms with Crippen molar-refractivity contribution in [2.24, 2.45) is 0 Å². The van der Waals surface area contributed by atoms with Gasteiger partial charge in [-0.2, -0.15) is 0 Å². The lowest BCUT2D eigenvalue weighted by atomic mass is 10.2. The molecule has 0 aromatic rings. The Bertz CT molecular complexity index is 682. The zero-order valence-electron chi connectivity index (χ0n) is 24.6. The molecule has 0 saturated heterocycles. The van der Waals surface area contributed by atoms with Crippen LogP contribution in [0.4, 0.5) is 0 Å². The quantitative estimate of drug-likeness (QED) is 0.116. The molecular weight excluding hydrogens is 488 g/mol. The zero-order valence-corrected chi connectivity index (χ0v) is 26.6. The third-order valence-corrected chi connectivity index (χ3v) is 16.0. The second kappa shape index (κ2) is 15.1. The maximum absolute atomic E-state index is 12.4. The van der Waals surface area contributed by atoms with E-state index >= 15 is 0 Å². The van der Waals surface area contributed by atoms with Crippen LogP contribution in [-0.4, -0.2) is 54.0 Å². The lowest BCUT2D eigenvalue weighted by Crippen LogP contribution is -2.43. The fourth-order valence-corrected chi connectivity index (χ4v) is 4.44. The average molecular weight is 541 g/mol. The van der Waals surface area contributed by atoms with Crippen LogP contribution in [0.15, 0.2) is 37.5 Å². The normalized spacial score (nSPS) is 14.8. The van der Waals surface area contributed by atoms with E-state index in [0.29, 0.717) is 12.8 Å². The van der Waals surface area contributed by atoms with Crippen molar-refractivity contribution in [3.63, 3.8) is 0 Å². The molecule has 8 heteroatoms. The minimum Gasteiger partial charge on any atom is -0.456 e. The molecule has 0 unspecified atom stereocenters. The highest BCUT2D eigenvalue weighted by atomic mass is 28.4. The Morgan fingerprint density at radius 3 is 1.25 bits per heavy atom. The molecule has 0 rings (SSSR count). The summed E-state index contributed by atoms with van der Waals surface area (Å²) in [4.78, 5) is 24.8. The van der Waals surface area contributed by atoms with Crippen LogP contribution in [0.3, 0.4) is 0 Å². The van der Waals surface area contributed by atoms with Gasteiger partial charge in [-0.15, -0.1) is 13.2 Å². The molecule has 0 fully saturated rings. The summed E-state index contributed by atoms with van der Waals surface area (Å²) in [6, 6.07) is 0. The smallest absolute Gasteiger partial charge is 0.306 e. The van der Waals surface area contributed by atoms with Gasteiger partial charge in [0.25, 0.3) is 0 Å². The lowest BCUT2D eigenvalue weighted by Gasteiger charge is -2.37. The van der Waals surface area contributed by atoms with Crippen molar-refractivity contribution in [2.75, 3.05) is 13.2 Å². The summed E-state index contributed by atoms with van der Waals surface area (Å²) >= 11 is 0. The number of ether oxygens (including phenoxy) is 2. The molecule has 0 aromatic heterocycles. The number of carbonyl (C=O) groups is 2. The fraction of sp³-hybridized carbons (Fsp3) is 0.714. The Morgan fingerprint density at radius 2 is 1.00 bits per heavy atom. The first-order valence-electron chi connectivity index (χ1n) is 12.9. The summed E-state index contributed by atoms with van der Waals surface area (Å²) in [5.41, 5.74) is 0. The van der Waals surface area contributed by atoms with Crippen LogP contribution in [0.5, 0.6) is 0 Å². The third kappa shape index (κ3) is 13.2. The number of carbonyl (C=O) groups excluding carboxylic acids is 2. The summed E-state index contributed by atoms with van der Waals surface area (Å²) in [5, 5.41) is 0.0443. The Labute approximate surface area is 222 Å². The summed E-state index contributed by atoms with van der Waals surface area (Å²) in [6.07, 6.45) is 7.30. The summed E-state index contributed by atoms with van der Waals surface area (Å²) < 4.78 is 24.1. The van der Waals surface area contributed by atoms with E-state index in [0.717, 1.165) is 0 Å². The average Bonchev–Trinajstić information content (AvgIpc) is 2.74. The predicted molar refractivity (Wildman–Crippen MR) is 154 cm³/mol. The third-order valence-electron chi connectivity index (χ3n) is 7.04. The van der Waals surface area contributed by atoms with E-state index in [9.17, 15) is 9.59 Å². The van der Waals surface area contributed by atoms with E-state index in [1.54, 1.807) is 24.3 Å². The highest BCUT2D eigenvalue weighted by Crippen LogP contribution is 2.37. The molecule has 36 heavy (non-hydrogen) atoms. The van der Waals surface area contributed by atoms with Crippen LogP contribution < -0.4 is 0 Å². The van der Waals surface area contributed by atoms with Gasteiger partial charge < -0.3 is 18.3 Å². The predicted octanol–water partition coefficient (Wildman–Crippen LogP) is 7.34. The van der Waals surface area contributed by atoms with Gasteiger partial charge in [0.1, 0.15) is 12.2 Å². The van der Waals surface area contributed by atoms with E-state index in [1.807, 2.05) is 0 Å². The fourth-order valence-electron chi connectivity index (χ4n) is 2.41. The van der Waals surface area contributed by atoms with Crippen molar-refractivity contribution in [3.8, 4) is 0 Å². The number of hydrogen-bond acceptors (Lipinski definition) is 6. The highest BCUT2D eigenvalue weighted by Gasteiger charge is 2.39. The SMILES string of the molecule is C=CCCC(=O)O[C@@H](C=C[C@@H](CO[Si](C)(C)C(C)(C)C)OC(=O)CCC=C)CO[Si](C)(C)C(C)(C)C. The molecule has 0 heterocycles. The first kappa shape index (κ1) is 34.5. The van der Waals surface area contributed by atoms with Gasteiger partial charge in [0, 0.05) is 12.8 Å². The topological polar surface area (TPSA) is 71.1 Å². The van der Waals surface area contributed by atoms with E-state index < -0.39 is 28.8 Å². The Morgan fingerprint density at radius 1 is 0.694 bits per heavy atom. The van der Waals surface area contributed by atoms with Gasteiger partial charge in [0.05, 0.1) is 13.2 Å². The largest absolute Gasteiger partial charge is 0.456 e. The second-order valence-corrected chi connectivity index (χ2v) is 21.9. The van der Waals surface area contributed by atoms with Gasteiger partial charge >= 0.3 is 11.9 Å². The molecule has 0 aliphatic heterocycles. The van der Waals surface area contributed by atoms with Crippen molar-refractivity contribution < 1.29 is 27.9 Å². The van der Waals surface area contributed by atoms with Crippen molar-refractivity contribution in [1.29, 1.82) is 0 Å². The second-order valence-electron chi connectivity index (χ2n) is 12.2. The number of rotatable bonds is 16.